The average molecular weight is 322 g/mol. The van der Waals surface area contributed by atoms with Crippen LogP contribution in [0.1, 0.15) is 44.1 Å². The third kappa shape index (κ3) is 2.33. The number of benzene rings is 1. The summed E-state index contributed by atoms with van der Waals surface area (Å²) < 4.78 is 0. The van der Waals surface area contributed by atoms with Crippen molar-refractivity contribution in [1.29, 1.82) is 0 Å². The average Bonchev–Trinajstić information content (AvgIpc) is 3.15. The lowest BCUT2D eigenvalue weighted by Crippen LogP contribution is -2.51. The van der Waals surface area contributed by atoms with Gasteiger partial charge in [0, 0.05) is 10.9 Å². The molecule has 102 valence electrons. The Balaban J connectivity index is 1.77. The third-order valence-corrected chi connectivity index (χ3v) is 5.78. The molecule has 2 aliphatic carbocycles. The minimum Gasteiger partial charge on any atom is -0.349 e. The number of nitrogens with one attached hydrogen (secondary N) is 1. The van der Waals surface area contributed by atoms with Gasteiger partial charge in [-0.05, 0) is 31.2 Å². The first-order chi connectivity index (χ1) is 9.21. The highest BCUT2D eigenvalue weighted by molar-refractivity contribution is 9.09. The van der Waals surface area contributed by atoms with Crippen molar-refractivity contribution in [2.45, 2.75) is 49.5 Å². The molecule has 0 spiro atoms. The Kier molecular flexibility index (Phi) is 3.42. The fraction of sp³-hybridized carbons (Fsp3) is 0.562. The summed E-state index contributed by atoms with van der Waals surface area (Å²) >= 11 is 3.59. The molecule has 0 saturated heterocycles. The maximum atomic E-state index is 12.7. The Bertz CT molecular complexity index is 461. The monoisotopic (exact) mass is 321 g/mol. The summed E-state index contributed by atoms with van der Waals surface area (Å²) in [5.41, 5.74) is 0.940. The van der Waals surface area contributed by atoms with Crippen LogP contribution < -0.4 is 5.32 Å². The van der Waals surface area contributed by atoms with Gasteiger partial charge in [0.25, 0.3) is 0 Å². The third-order valence-electron chi connectivity index (χ3n) is 4.71. The van der Waals surface area contributed by atoms with Crippen LogP contribution in [0.15, 0.2) is 30.3 Å². The molecule has 1 aromatic carbocycles. The van der Waals surface area contributed by atoms with E-state index >= 15 is 0 Å². The van der Waals surface area contributed by atoms with Gasteiger partial charge in [0.1, 0.15) is 0 Å². The van der Waals surface area contributed by atoms with Crippen molar-refractivity contribution in [3.05, 3.63) is 35.9 Å². The van der Waals surface area contributed by atoms with E-state index in [0.29, 0.717) is 0 Å². The Morgan fingerprint density at radius 1 is 1.11 bits per heavy atom. The van der Waals surface area contributed by atoms with E-state index in [1.54, 1.807) is 0 Å². The highest BCUT2D eigenvalue weighted by atomic mass is 79.9. The molecule has 2 saturated carbocycles. The van der Waals surface area contributed by atoms with E-state index in [1.165, 1.54) is 18.4 Å². The molecule has 2 fully saturated rings. The first kappa shape index (κ1) is 13.2. The lowest BCUT2D eigenvalue weighted by atomic mass is 9.92. The number of rotatable bonds is 4. The first-order valence-corrected chi connectivity index (χ1v) is 8.27. The predicted molar refractivity (Wildman–Crippen MR) is 80.5 cm³/mol. The van der Waals surface area contributed by atoms with Crippen LogP contribution >= 0.6 is 15.9 Å². The Hall–Kier alpha value is -0.830. The van der Waals surface area contributed by atoms with Crippen molar-refractivity contribution in [2.24, 2.45) is 0 Å². The Labute approximate surface area is 123 Å². The van der Waals surface area contributed by atoms with Gasteiger partial charge >= 0.3 is 0 Å². The van der Waals surface area contributed by atoms with Gasteiger partial charge in [0.2, 0.25) is 5.91 Å². The molecule has 0 aromatic heterocycles. The molecule has 3 heteroatoms. The second-order valence-corrected chi connectivity index (χ2v) is 6.58. The predicted octanol–water partition coefficient (Wildman–Crippen LogP) is 3.54. The normalized spacial score (nSPS) is 23.0. The van der Waals surface area contributed by atoms with Crippen molar-refractivity contribution in [3.8, 4) is 0 Å². The number of hydrogen-bond donors (Lipinski definition) is 1. The number of halogens is 1. The largest absolute Gasteiger partial charge is 0.349 e. The van der Waals surface area contributed by atoms with Crippen LogP contribution in [0.3, 0.4) is 0 Å². The van der Waals surface area contributed by atoms with Crippen LogP contribution in [0.25, 0.3) is 0 Å². The van der Waals surface area contributed by atoms with Crippen molar-refractivity contribution in [1.82, 2.24) is 5.32 Å². The van der Waals surface area contributed by atoms with Gasteiger partial charge in [-0.1, -0.05) is 59.1 Å². The quantitative estimate of drug-likeness (QED) is 0.844. The molecule has 1 aromatic rings. The number of amides is 1. The molecule has 1 N–H and O–H groups in total. The van der Waals surface area contributed by atoms with Gasteiger partial charge in [-0.3, -0.25) is 4.79 Å². The molecule has 3 rings (SSSR count). The van der Waals surface area contributed by atoms with Crippen LogP contribution in [-0.4, -0.2) is 16.8 Å². The van der Waals surface area contributed by atoms with Gasteiger partial charge < -0.3 is 5.32 Å². The van der Waals surface area contributed by atoms with Gasteiger partial charge in [-0.25, -0.2) is 0 Å². The molecule has 0 aliphatic heterocycles. The summed E-state index contributed by atoms with van der Waals surface area (Å²) in [6, 6.07) is 10.2. The lowest BCUT2D eigenvalue weighted by Gasteiger charge is -2.30. The van der Waals surface area contributed by atoms with Crippen LogP contribution in [-0.2, 0) is 10.2 Å². The minimum absolute atomic E-state index is 0.00144. The number of carbonyl (C=O) groups excluding carboxylic acids is 1. The van der Waals surface area contributed by atoms with E-state index in [9.17, 15) is 4.79 Å². The molecule has 1 amide bonds. The van der Waals surface area contributed by atoms with Gasteiger partial charge in [-0.15, -0.1) is 0 Å². The van der Waals surface area contributed by atoms with E-state index in [2.05, 4.69) is 33.4 Å². The van der Waals surface area contributed by atoms with Gasteiger partial charge in [-0.2, -0.15) is 0 Å². The highest BCUT2D eigenvalue weighted by Crippen LogP contribution is 2.49. The summed E-state index contributed by atoms with van der Waals surface area (Å²) in [7, 11) is 0. The van der Waals surface area contributed by atoms with Crippen molar-refractivity contribution < 1.29 is 4.79 Å². The second-order valence-electron chi connectivity index (χ2n) is 6.02. The molecule has 2 aliphatic rings. The molecule has 0 heterocycles. The van der Waals surface area contributed by atoms with Crippen molar-refractivity contribution >= 4 is 21.8 Å². The molecule has 0 radical (unpaired) electrons. The molecular weight excluding hydrogens is 302 g/mol. The summed E-state index contributed by atoms with van der Waals surface area (Å²) in [5.74, 6) is 0.236. The number of hydrogen-bond acceptors (Lipinski definition) is 1. The SMILES string of the molecule is O=C(NC1(CBr)CCCC1)C1(c2ccccc2)CC1. The first-order valence-electron chi connectivity index (χ1n) is 7.15. The molecule has 0 unspecified atom stereocenters. The van der Waals surface area contributed by atoms with Crippen LogP contribution in [0.4, 0.5) is 0 Å². The van der Waals surface area contributed by atoms with Crippen LogP contribution in [0, 0.1) is 0 Å². The van der Waals surface area contributed by atoms with Crippen LogP contribution in [0.2, 0.25) is 0 Å². The summed E-state index contributed by atoms with van der Waals surface area (Å²) in [6.45, 7) is 0. The van der Waals surface area contributed by atoms with E-state index < -0.39 is 0 Å². The van der Waals surface area contributed by atoms with Crippen molar-refractivity contribution in [3.63, 3.8) is 0 Å². The fourth-order valence-corrected chi connectivity index (χ4v) is 3.93. The zero-order valence-electron chi connectivity index (χ0n) is 11.1. The molecular formula is C16H20BrNO. The van der Waals surface area contributed by atoms with E-state index in [-0.39, 0.29) is 16.9 Å². The maximum Gasteiger partial charge on any atom is 0.231 e. The van der Waals surface area contributed by atoms with E-state index in [1.807, 2.05) is 18.2 Å². The smallest absolute Gasteiger partial charge is 0.231 e. The Morgan fingerprint density at radius 3 is 2.26 bits per heavy atom. The molecule has 0 atom stereocenters. The summed E-state index contributed by atoms with van der Waals surface area (Å²) in [6.07, 6.45) is 6.64. The zero-order chi connectivity index (χ0) is 13.3. The van der Waals surface area contributed by atoms with Gasteiger partial charge in [0.15, 0.2) is 0 Å². The maximum absolute atomic E-state index is 12.7. The topological polar surface area (TPSA) is 29.1 Å². The second kappa shape index (κ2) is 4.93. The fourth-order valence-electron chi connectivity index (χ4n) is 3.23. The van der Waals surface area contributed by atoms with E-state index in [0.717, 1.165) is 31.0 Å². The summed E-state index contributed by atoms with van der Waals surface area (Å²) in [4.78, 5) is 12.7. The number of carbonyl (C=O) groups is 1. The van der Waals surface area contributed by atoms with Gasteiger partial charge in [0.05, 0.1) is 5.41 Å². The summed E-state index contributed by atoms with van der Waals surface area (Å²) in [5, 5.41) is 4.23. The lowest BCUT2D eigenvalue weighted by molar-refractivity contribution is -0.125. The zero-order valence-corrected chi connectivity index (χ0v) is 12.7. The standard InChI is InChI=1S/C16H20BrNO/c17-12-15(8-4-5-9-15)18-14(19)16(10-11-16)13-6-2-1-3-7-13/h1-3,6-7H,4-5,8-12H2,(H,18,19). The van der Waals surface area contributed by atoms with Crippen molar-refractivity contribution in [2.75, 3.05) is 5.33 Å². The number of alkyl halides is 1. The minimum atomic E-state index is -0.237. The molecule has 2 nitrogen and oxygen atoms in total. The van der Waals surface area contributed by atoms with Crippen LogP contribution in [0.5, 0.6) is 0 Å². The van der Waals surface area contributed by atoms with E-state index in [4.69, 9.17) is 0 Å². The molecule has 19 heavy (non-hydrogen) atoms. The Morgan fingerprint density at radius 2 is 1.74 bits per heavy atom. The highest BCUT2D eigenvalue weighted by Gasteiger charge is 2.53. The molecule has 0 bridgehead atoms.